The fraction of sp³-hybridized carbons (Fsp3) is 0.538. The van der Waals surface area contributed by atoms with Crippen LogP contribution < -0.4 is 14.8 Å². The van der Waals surface area contributed by atoms with Crippen molar-refractivity contribution in [1.82, 2.24) is 5.32 Å². The molecule has 0 aromatic heterocycles. The standard InChI is InChI=1S/C13H18ClNO2/c1-13(6-7-13)15-8-9-4-5-10(16-2)12(17-3)11(9)14/h4-5,15H,6-8H2,1-3H3. The van der Waals surface area contributed by atoms with Crippen molar-refractivity contribution in [2.24, 2.45) is 0 Å². The molecule has 0 bridgehead atoms. The monoisotopic (exact) mass is 255 g/mol. The largest absolute Gasteiger partial charge is 0.493 e. The molecule has 0 aliphatic heterocycles. The van der Waals surface area contributed by atoms with Gasteiger partial charge in [-0.1, -0.05) is 17.7 Å². The Balaban J connectivity index is 2.16. The van der Waals surface area contributed by atoms with Gasteiger partial charge >= 0.3 is 0 Å². The lowest BCUT2D eigenvalue weighted by atomic mass is 10.1. The molecule has 3 nitrogen and oxygen atoms in total. The maximum absolute atomic E-state index is 6.30. The van der Waals surface area contributed by atoms with Crippen molar-refractivity contribution in [2.75, 3.05) is 14.2 Å². The molecule has 0 unspecified atom stereocenters. The predicted molar refractivity (Wildman–Crippen MR) is 69.0 cm³/mol. The molecule has 0 atom stereocenters. The molecule has 0 spiro atoms. The van der Waals surface area contributed by atoms with Crippen LogP contribution in [0, 0.1) is 0 Å². The van der Waals surface area contributed by atoms with Crippen molar-refractivity contribution >= 4 is 11.6 Å². The van der Waals surface area contributed by atoms with Crippen LogP contribution in [0.2, 0.25) is 5.02 Å². The summed E-state index contributed by atoms with van der Waals surface area (Å²) in [5.41, 5.74) is 1.34. The zero-order chi connectivity index (χ0) is 12.5. The summed E-state index contributed by atoms with van der Waals surface area (Å²) in [6.45, 7) is 2.98. The summed E-state index contributed by atoms with van der Waals surface area (Å²) >= 11 is 6.30. The molecule has 0 radical (unpaired) electrons. The molecule has 1 aliphatic carbocycles. The van der Waals surface area contributed by atoms with E-state index < -0.39 is 0 Å². The first-order valence-corrected chi connectivity index (χ1v) is 6.12. The first-order valence-electron chi connectivity index (χ1n) is 5.74. The maximum Gasteiger partial charge on any atom is 0.179 e. The van der Waals surface area contributed by atoms with Crippen LogP contribution >= 0.6 is 11.6 Å². The smallest absolute Gasteiger partial charge is 0.179 e. The van der Waals surface area contributed by atoms with Crippen LogP contribution in [0.25, 0.3) is 0 Å². The molecule has 1 saturated carbocycles. The molecule has 1 aliphatic rings. The van der Waals surface area contributed by atoms with Gasteiger partial charge in [-0.05, 0) is 31.4 Å². The second-order valence-corrected chi connectivity index (χ2v) is 5.07. The second kappa shape index (κ2) is 4.75. The van der Waals surface area contributed by atoms with Crippen molar-refractivity contribution in [1.29, 1.82) is 0 Å². The van der Waals surface area contributed by atoms with Crippen LogP contribution in [-0.2, 0) is 6.54 Å². The highest BCUT2D eigenvalue weighted by atomic mass is 35.5. The van der Waals surface area contributed by atoms with Gasteiger partial charge in [0.25, 0.3) is 0 Å². The van der Waals surface area contributed by atoms with Crippen molar-refractivity contribution in [3.8, 4) is 11.5 Å². The normalized spacial score (nSPS) is 16.7. The van der Waals surface area contributed by atoms with Gasteiger partial charge in [0.15, 0.2) is 11.5 Å². The third-order valence-corrected chi connectivity index (χ3v) is 3.68. The van der Waals surface area contributed by atoms with Crippen LogP contribution in [0.4, 0.5) is 0 Å². The predicted octanol–water partition coefficient (Wildman–Crippen LogP) is 3.00. The molecule has 4 heteroatoms. The molecule has 1 aromatic rings. The summed E-state index contributed by atoms with van der Waals surface area (Å²) in [4.78, 5) is 0. The lowest BCUT2D eigenvalue weighted by Gasteiger charge is -2.15. The third kappa shape index (κ3) is 2.67. The van der Waals surface area contributed by atoms with E-state index in [2.05, 4.69) is 12.2 Å². The topological polar surface area (TPSA) is 30.5 Å². The Kier molecular flexibility index (Phi) is 3.50. The van der Waals surface area contributed by atoms with E-state index in [0.29, 0.717) is 22.1 Å². The quantitative estimate of drug-likeness (QED) is 0.877. The van der Waals surface area contributed by atoms with Crippen LogP contribution in [0.3, 0.4) is 0 Å². The van der Waals surface area contributed by atoms with E-state index in [4.69, 9.17) is 21.1 Å². The highest BCUT2D eigenvalue weighted by molar-refractivity contribution is 6.33. The minimum atomic E-state index is 0.302. The first-order chi connectivity index (χ1) is 8.09. The van der Waals surface area contributed by atoms with Gasteiger partial charge in [-0.15, -0.1) is 0 Å². The molecule has 2 rings (SSSR count). The minimum absolute atomic E-state index is 0.302. The number of hydrogen-bond acceptors (Lipinski definition) is 3. The zero-order valence-corrected chi connectivity index (χ0v) is 11.2. The Morgan fingerprint density at radius 3 is 2.53 bits per heavy atom. The molecular formula is C13H18ClNO2. The molecule has 94 valence electrons. The number of benzene rings is 1. The Hall–Kier alpha value is -0.930. The van der Waals surface area contributed by atoms with Gasteiger partial charge in [0, 0.05) is 12.1 Å². The molecule has 0 saturated heterocycles. The highest BCUT2D eigenvalue weighted by Gasteiger charge is 2.36. The van der Waals surface area contributed by atoms with E-state index in [0.717, 1.165) is 12.1 Å². The van der Waals surface area contributed by atoms with E-state index in [9.17, 15) is 0 Å². The molecular weight excluding hydrogens is 238 g/mol. The first kappa shape index (κ1) is 12.5. The number of halogens is 1. The summed E-state index contributed by atoms with van der Waals surface area (Å²) in [6.07, 6.45) is 2.47. The third-order valence-electron chi connectivity index (χ3n) is 3.27. The number of methoxy groups -OCH3 is 2. The average molecular weight is 256 g/mol. The summed E-state index contributed by atoms with van der Waals surface area (Å²) in [5, 5.41) is 4.13. The van der Waals surface area contributed by atoms with Gasteiger partial charge in [0.2, 0.25) is 0 Å². The molecule has 17 heavy (non-hydrogen) atoms. The van der Waals surface area contributed by atoms with Gasteiger partial charge in [-0.2, -0.15) is 0 Å². The average Bonchev–Trinajstić information content (AvgIpc) is 3.05. The highest BCUT2D eigenvalue weighted by Crippen LogP contribution is 2.39. The Morgan fingerprint density at radius 2 is 2.00 bits per heavy atom. The number of ether oxygens (including phenoxy) is 2. The fourth-order valence-electron chi connectivity index (χ4n) is 1.74. The van der Waals surface area contributed by atoms with Crippen molar-refractivity contribution in [2.45, 2.75) is 31.8 Å². The summed E-state index contributed by atoms with van der Waals surface area (Å²) in [5.74, 6) is 1.27. The van der Waals surface area contributed by atoms with Gasteiger partial charge < -0.3 is 14.8 Å². The van der Waals surface area contributed by atoms with Gasteiger partial charge in [0.1, 0.15) is 0 Å². The van der Waals surface area contributed by atoms with Gasteiger partial charge in [-0.25, -0.2) is 0 Å². The molecule has 1 N–H and O–H groups in total. The van der Waals surface area contributed by atoms with Crippen molar-refractivity contribution in [3.63, 3.8) is 0 Å². The molecule has 1 aromatic carbocycles. The van der Waals surface area contributed by atoms with E-state index in [1.807, 2.05) is 12.1 Å². The number of rotatable bonds is 5. The summed E-state index contributed by atoms with van der Waals surface area (Å²) in [7, 11) is 3.21. The minimum Gasteiger partial charge on any atom is -0.493 e. The van der Waals surface area contributed by atoms with Crippen LogP contribution in [0.5, 0.6) is 11.5 Å². The SMILES string of the molecule is COc1ccc(CNC2(C)CC2)c(Cl)c1OC. The zero-order valence-electron chi connectivity index (χ0n) is 10.5. The van der Waals surface area contributed by atoms with E-state index in [1.165, 1.54) is 12.8 Å². The Labute approximate surface area is 107 Å². The number of hydrogen-bond donors (Lipinski definition) is 1. The Bertz CT molecular complexity index is 416. The molecule has 0 amide bonds. The fourth-order valence-corrected chi connectivity index (χ4v) is 2.04. The summed E-state index contributed by atoms with van der Waals surface area (Å²) in [6, 6.07) is 3.86. The van der Waals surface area contributed by atoms with E-state index in [1.54, 1.807) is 14.2 Å². The van der Waals surface area contributed by atoms with Crippen molar-refractivity contribution in [3.05, 3.63) is 22.7 Å². The Morgan fingerprint density at radius 1 is 1.29 bits per heavy atom. The number of nitrogens with one attached hydrogen (secondary N) is 1. The van der Waals surface area contributed by atoms with Gasteiger partial charge in [0.05, 0.1) is 19.2 Å². The summed E-state index contributed by atoms with van der Waals surface area (Å²) < 4.78 is 10.5. The van der Waals surface area contributed by atoms with E-state index in [-0.39, 0.29) is 0 Å². The van der Waals surface area contributed by atoms with E-state index >= 15 is 0 Å². The molecule has 1 fully saturated rings. The van der Waals surface area contributed by atoms with Crippen LogP contribution in [0.1, 0.15) is 25.3 Å². The van der Waals surface area contributed by atoms with Crippen LogP contribution in [-0.4, -0.2) is 19.8 Å². The second-order valence-electron chi connectivity index (χ2n) is 4.69. The van der Waals surface area contributed by atoms with Crippen molar-refractivity contribution < 1.29 is 9.47 Å². The van der Waals surface area contributed by atoms with Gasteiger partial charge in [-0.3, -0.25) is 0 Å². The molecule has 0 heterocycles. The maximum atomic E-state index is 6.30. The van der Waals surface area contributed by atoms with Crippen LogP contribution in [0.15, 0.2) is 12.1 Å². The lowest BCUT2D eigenvalue weighted by Crippen LogP contribution is -2.27. The lowest BCUT2D eigenvalue weighted by molar-refractivity contribution is 0.354.